The molecule has 0 saturated carbocycles. The van der Waals surface area contributed by atoms with Crippen LogP contribution in [0.1, 0.15) is 23.7 Å². The highest BCUT2D eigenvalue weighted by Crippen LogP contribution is 2.17. The standard InChI is InChI=1S/C12H15FN2O3/c1-2-5-14-7-11(16)15-10-6-8(13)3-4-9(10)12(17)18/h3-4,6,14H,2,5,7H2,1H3,(H,15,16)(H,17,18). The molecule has 98 valence electrons. The topological polar surface area (TPSA) is 78.4 Å². The first-order valence-corrected chi connectivity index (χ1v) is 5.58. The predicted molar refractivity (Wildman–Crippen MR) is 65.1 cm³/mol. The molecule has 0 heterocycles. The third-order valence-corrected chi connectivity index (χ3v) is 2.20. The van der Waals surface area contributed by atoms with Gasteiger partial charge in [0.1, 0.15) is 5.82 Å². The second-order valence-electron chi connectivity index (χ2n) is 3.72. The molecule has 0 unspecified atom stereocenters. The van der Waals surface area contributed by atoms with Gasteiger partial charge < -0.3 is 15.7 Å². The maximum Gasteiger partial charge on any atom is 0.337 e. The summed E-state index contributed by atoms with van der Waals surface area (Å²) in [7, 11) is 0. The van der Waals surface area contributed by atoms with Crippen molar-refractivity contribution in [1.82, 2.24) is 5.32 Å². The molecular formula is C12H15FN2O3. The smallest absolute Gasteiger partial charge is 0.337 e. The molecule has 0 saturated heterocycles. The van der Waals surface area contributed by atoms with Crippen molar-refractivity contribution < 1.29 is 19.1 Å². The van der Waals surface area contributed by atoms with Crippen LogP contribution < -0.4 is 10.6 Å². The number of carbonyl (C=O) groups is 2. The quantitative estimate of drug-likeness (QED) is 0.672. The largest absolute Gasteiger partial charge is 0.478 e. The number of carbonyl (C=O) groups excluding carboxylic acids is 1. The lowest BCUT2D eigenvalue weighted by molar-refractivity contribution is -0.115. The zero-order chi connectivity index (χ0) is 13.5. The zero-order valence-electron chi connectivity index (χ0n) is 10.00. The minimum Gasteiger partial charge on any atom is -0.478 e. The number of halogens is 1. The van der Waals surface area contributed by atoms with Crippen molar-refractivity contribution in [1.29, 1.82) is 0 Å². The van der Waals surface area contributed by atoms with Crippen LogP contribution in [0.25, 0.3) is 0 Å². The van der Waals surface area contributed by atoms with E-state index in [1.165, 1.54) is 0 Å². The molecule has 1 amide bonds. The van der Waals surface area contributed by atoms with Crippen LogP contribution in [-0.4, -0.2) is 30.1 Å². The highest BCUT2D eigenvalue weighted by molar-refractivity contribution is 6.01. The van der Waals surface area contributed by atoms with E-state index in [4.69, 9.17) is 5.11 Å². The first kappa shape index (κ1) is 14.1. The van der Waals surface area contributed by atoms with Gasteiger partial charge in [0.2, 0.25) is 5.91 Å². The number of hydrogen-bond donors (Lipinski definition) is 3. The molecule has 0 aliphatic carbocycles. The molecule has 1 aromatic rings. The highest BCUT2D eigenvalue weighted by atomic mass is 19.1. The Bertz CT molecular complexity index is 449. The maximum atomic E-state index is 13.0. The van der Waals surface area contributed by atoms with Crippen molar-refractivity contribution in [2.24, 2.45) is 0 Å². The van der Waals surface area contributed by atoms with Gasteiger partial charge >= 0.3 is 5.97 Å². The van der Waals surface area contributed by atoms with Crippen LogP contribution >= 0.6 is 0 Å². The van der Waals surface area contributed by atoms with Crippen LogP contribution in [0, 0.1) is 5.82 Å². The minimum atomic E-state index is -1.22. The summed E-state index contributed by atoms with van der Waals surface area (Å²) in [6.45, 7) is 2.70. The Hall–Kier alpha value is -1.95. The second kappa shape index (κ2) is 6.70. The van der Waals surface area contributed by atoms with Gasteiger partial charge in [0.15, 0.2) is 0 Å². The molecule has 3 N–H and O–H groups in total. The fourth-order valence-electron chi connectivity index (χ4n) is 1.38. The van der Waals surface area contributed by atoms with Crippen molar-refractivity contribution in [2.45, 2.75) is 13.3 Å². The number of aromatic carboxylic acids is 1. The number of rotatable bonds is 6. The third-order valence-electron chi connectivity index (χ3n) is 2.20. The SMILES string of the molecule is CCCNCC(=O)Nc1cc(F)ccc1C(=O)O. The van der Waals surface area contributed by atoms with E-state index in [1.54, 1.807) is 0 Å². The molecule has 0 spiro atoms. The molecule has 18 heavy (non-hydrogen) atoms. The number of amides is 1. The van der Waals surface area contributed by atoms with Crippen LogP contribution in [0.3, 0.4) is 0 Å². The summed E-state index contributed by atoms with van der Waals surface area (Å²) in [4.78, 5) is 22.4. The minimum absolute atomic E-state index is 0.0363. The van der Waals surface area contributed by atoms with Gasteiger partial charge in [-0.1, -0.05) is 6.92 Å². The Balaban J connectivity index is 2.73. The second-order valence-corrected chi connectivity index (χ2v) is 3.72. The third kappa shape index (κ3) is 4.14. The van der Waals surface area contributed by atoms with Crippen LogP contribution in [0.15, 0.2) is 18.2 Å². The lowest BCUT2D eigenvalue weighted by Crippen LogP contribution is -2.29. The van der Waals surface area contributed by atoms with E-state index in [0.717, 1.165) is 24.6 Å². The van der Waals surface area contributed by atoms with Gasteiger partial charge in [0.25, 0.3) is 0 Å². The van der Waals surface area contributed by atoms with Gasteiger partial charge in [-0.25, -0.2) is 9.18 Å². The molecule has 0 atom stereocenters. The normalized spacial score (nSPS) is 10.1. The van der Waals surface area contributed by atoms with Gasteiger partial charge in [-0.2, -0.15) is 0 Å². The van der Waals surface area contributed by atoms with Crippen molar-refractivity contribution in [3.8, 4) is 0 Å². The van der Waals surface area contributed by atoms with Crippen LogP contribution in [0.4, 0.5) is 10.1 Å². The van der Waals surface area contributed by atoms with Crippen molar-refractivity contribution in [3.05, 3.63) is 29.6 Å². The maximum absolute atomic E-state index is 13.0. The predicted octanol–water partition coefficient (Wildman–Crippen LogP) is 1.46. The van der Waals surface area contributed by atoms with Gasteiger partial charge in [0, 0.05) is 0 Å². The van der Waals surface area contributed by atoms with Gasteiger partial charge in [-0.05, 0) is 31.2 Å². The number of anilines is 1. The van der Waals surface area contributed by atoms with E-state index < -0.39 is 17.7 Å². The molecule has 0 bridgehead atoms. The number of carboxylic acids is 1. The summed E-state index contributed by atoms with van der Waals surface area (Å²) in [5, 5.41) is 14.1. The Morgan fingerprint density at radius 2 is 2.11 bits per heavy atom. The number of benzene rings is 1. The highest BCUT2D eigenvalue weighted by Gasteiger charge is 2.13. The number of nitrogens with one attached hydrogen (secondary N) is 2. The number of carboxylic acid groups (broad SMARTS) is 1. The van der Waals surface area contributed by atoms with Crippen LogP contribution in [0.2, 0.25) is 0 Å². The lowest BCUT2D eigenvalue weighted by atomic mass is 10.1. The van der Waals surface area contributed by atoms with E-state index in [1.807, 2.05) is 6.92 Å². The van der Waals surface area contributed by atoms with Gasteiger partial charge in [-0.3, -0.25) is 4.79 Å². The van der Waals surface area contributed by atoms with Gasteiger partial charge in [-0.15, -0.1) is 0 Å². The van der Waals surface area contributed by atoms with E-state index in [9.17, 15) is 14.0 Å². The van der Waals surface area contributed by atoms with Crippen molar-refractivity contribution in [2.75, 3.05) is 18.4 Å². The monoisotopic (exact) mass is 254 g/mol. The summed E-state index contributed by atoms with van der Waals surface area (Å²) >= 11 is 0. The molecule has 1 aromatic carbocycles. The average molecular weight is 254 g/mol. The summed E-state index contributed by atoms with van der Waals surface area (Å²) in [6.07, 6.45) is 0.883. The van der Waals surface area contributed by atoms with Crippen LogP contribution in [-0.2, 0) is 4.79 Å². The average Bonchev–Trinajstić information content (AvgIpc) is 2.29. The molecule has 0 fully saturated rings. The van der Waals surface area contributed by atoms with E-state index in [0.29, 0.717) is 6.54 Å². The summed E-state index contributed by atoms with van der Waals surface area (Å²) < 4.78 is 13.0. The molecular weight excluding hydrogens is 239 g/mol. The lowest BCUT2D eigenvalue weighted by Gasteiger charge is -2.09. The first-order chi connectivity index (χ1) is 8.54. The molecule has 1 rings (SSSR count). The Kier molecular flexibility index (Phi) is 5.26. The van der Waals surface area contributed by atoms with Gasteiger partial charge in [0.05, 0.1) is 17.8 Å². The fourth-order valence-corrected chi connectivity index (χ4v) is 1.38. The van der Waals surface area contributed by atoms with E-state index in [-0.39, 0.29) is 17.8 Å². The molecule has 0 aromatic heterocycles. The van der Waals surface area contributed by atoms with Crippen LogP contribution in [0.5, 0.6) is 0 Å². The molecule has 0 aliphatic heterocycles. The van der Waals surface area contributed by atoms with E-state index in [2.05, 4.69) is 10.6 Å². The number of hydrogen-bond acceptors (Lipinski definition) is 3. The summed E-state index contributed by atoms with van der Waals surface area (Å²) in [5.74, 6) is -2.22. The Labute approximate surface area is 104 Å². The Morgan fingerprint density at radius 1 is 1.39 bits per heavy atom. The molecule has 6 heteroatoms. The Morgan fingerprint density at radius 3 is 2.72 bits per heavy atom. The first-order valence-electron chi connectivity index (χ1n) is 5.58. The fraction of sp³-hybridized carbons (Fsp3) is 0.333. The molecule has 0 aliphatic rings. The van der Waals surface area contributed by atoms with Crippen molar-refractivity contribution >= 4 is 17.6 Å². The van der Waals surface area contributed by atoms with Crippen molar-refractivity contribution in [3.63, 3.8) is 0 Å². The zero-order valence-corrected chi connectivity index (χ0v) is 10.00. The molecule has 0 radical (unpaired) electrons. The summed E-state index contributed by atoms with van der Waals surface area (Å²) in [6, 6.07) is 3.14. The van der Waals surface area contributed by atoms with E-state index >= 15 is 0 Å². The summed E-state index contributed by atoms with van der Waals surface area (Å²) in [5.41, 5.74) is -0.175. The molecule has 5 nitrogen and oxygen atoms in total.